The van der Waals surface area contributed by atoms with Crippen LogP contribution < -0.4 is 10.2 Å². The van der Waals surface area contributed by atoms with Crippen LogP contribution >= 0.6 is 11.3 Å². The first-order valence-electron chi connectivity index (χ1n) is 9.21. The zero-order valence-corrected chi connectivity index (χ0v) is 16.7. The molecule has 3 aromatic heterocycles. The predicted molar refractivity (Wildman–Crippen MR) is 111 cm³/mol. The van der Waals surface area contributed by atoms with Gasteiger partial charge in [-0.1, -0.05) is 0 Å². The van der Waals surface area contributed by atoms with Crippen LogP contribution in [0.25, 0.3) is 0 Å². The van der Waals surface area contributed by atoms with Gasteiger partial charge in [0.1, 0.15) is 5.82 Å². The molecule has 0 bridgehead atoms. The van der Waals surface area contributed by atoms with E-state index in [-0.39, 0.29) is 5.91 Å². The fraction of sp³-hybridized carbons (Fsp3) is 0.300. The van der Waals surface area contributed by atoms with E-state index in [2.05, 4.69) is 25.4 Å². The molecule has 1 amide bonds. The molecule has 7 nitrogen and oxygen atoms in total. The number of anilines is 3. The van der Waals surface area contributed by atoms with Crippen LogP contribution in [0.5, 0.6) is 0 Å². The largest absolute Gasteiger partial charge is 0.352 e. The second-order valence-electron chi connectivity index (χ2n) is 6.89. The van der Waals surface area contributed by atoms with Crippen LogP contribution in [-0.4, -0.2) is 52.2 Å². The second-order valence-corrected chi connectivity index (χ2v) is 7.80. The first kappa shape index (κ1) is 18.4. The van der Waals surface area contributed by atoms with Gasteiger partial charge in [-0.05, 0) is 60.7 Å². The van der Waals surface area contributed by atoms with Crippen molar-refractivity contribution < 1.29 is 4.79 Å². The highest BCUT2D eigenvalue weighted by atomic mass is 32.1. The lowest BCUT2D eigenvalue weighted by Gasteiger charge is -2.35. The Kier molecular flexibility index (Phi) is 5.21. The molecule has 4 heterocycles. The maximum absolute atomic E-state index is 12.6. The highest BCUT2D eigenvalue weighted by Gasteiger charge is 2.23. The number of nitrogens with zero attached hydrogens (tertiary/aromatic N) is 5. The van der Waals surface area contributed by atoms with Gasteiger partial charge < -0.3 is 15.1 Å². The van der Waals surface area contributed by atoms with E-state index in [1.807, 2.05) is 54.5 Å². The second kappa shape index (κ2) is 7.93. The van der Waals surface area contributed by atoms with Crippen LogP contribution in [0.3, 0.4) is 0 Å². The summed E-state index contributed by atoms with van der Waals surface area (Å²) in [5.41, 5.74) is 2.27. The van der Waals surface area contributed by atoms with Gasteiger partial charge in [0.05, 0.1) is 4.88 Å². The van der Waals surface area contributed by atoms with Crippen molar-refractivity contribution in [2.45, 2.75) is 13.8 Å². The molecule has 1 aliphatic rings. The third kappa shape index (κ3) is 4.12. The monoisotopic (exact) mass is 394 g/mol. The zero-order valence-electron chi connectivity index (χ0n) is 15.9. The molecule has 0 unspecified atom stereocenters. The normalized spacial score (nSPS) is 14.2. The summed E-state index contributed by atoms with van der Waals surface area (Å²) in [4.78, 5) is 21.7. The third-order valence-electron chi connectivity index (χ3n) is 4.65. The van der Waals surface area contributed by atoms with Crippen molar-refractivity contribution >= 4 is 34.7 Å². The lowest BCUT2D eigenvalue weighted by Crippen LogP contribution is -2.49. The van der Waals surface area contributed by atoms with Crippen LogP contribution in [0.1, 0.15) is 20.8 Å². The standard InChI is InChI=1S/C20H22N6OS/c1-14-5-6-21-18(12-14)22-17-3-4-19(24-23-17)25-7-9-26(10-8-25)20(27)16-11-15(2)13-28-16/h3-6,11-13H,7-10H2,1-2H3,(H,21,22,23). The first-order valence-corrected chi connectivity index (χ1v) is 10.1. The van der Waals surface area contributed by atoms with Gasteiger partial charge in [0.25, 0.3) is 5.91 Å². The van der Waals surface area contributed by atoms with Crippen molar-refractivity contribution in [1.29, 1.82) is 0 Å². The molecule has 0 atom stereocenters. The van der Waals surface area contributed by atoms with Gasteiger partial charge in [-0.3, -0.25) is 4.79 Å². The number of hydrogen-bond acceptors (Lipinski definition) is 7. The topological polar surface area (TPSA) is 74.2 Å². The number of aromatic nitrogens is 3. The van der Waals surface area contributed by atoms with Gasteiger partial charge in [0.15, 0.2) is 11.6 Å². The zero-order chi connectivity index (χ0) is 19.5. The quantitative estimate of drug-likeness (QED) is 0.732. The fourth-order valence-corrected chi connectivity index (χ4v) is 4.00. The number of amides is 1. The van der Waals surface area contributed by atoms with Crippen LogP contribution in [-0.2, 0) is 0 Å². The van der Waals surface area contributed by atoms with Gasteiger partial charge in [-0.25, -0.2) is 4.98 Å². The van der Waals surface area contributed by atoms with E-state index in [4.69, 9.17) is 0 Å². The molecule has 1 aliphatic heterocycles. The molecule has 0 aromatic carbocycles. The lowest BCUT2D eigenvalue weighted by atomic mass is 10.2. The molecule has 4 rings (SSSR count). The number of carbonyl (C=O) groups excluding carboxylic acids is 1. The SMILES string of the molecule is Cc1ccnc(Nc2ccc(N3CCN(C(=O)c4cc(C)cs4)CC3)nn2)c1. The van der Waals surface area contributed by atoms with Crippen molar-refractivity contribution in [2.75, 3.05) is 36.4 Å². The molecule has 0 saturated carbocycles. The minimum Gasteiger partial charge on any atom is -0.352 e. The smallest absolute Gasteiger partial charge is 0.264 e. The molecule has 8 heteroatoms. The number of hydrogen-bond donors (Lipinski definition) is 1. The number of carbonyl (C=O) groups is 1. The van der Waals surface area contributed by atoms with Crippen molar-refractivity contribution in [3.05, 3.63) is 57.9 Å². The molecule has 1 saturated heterocycles. The van der Waals surface area contributed by atoms with Crippen molar-refractivity contribution in [2.24, 2.45) is 0 Å². The summed E-state index contributed by atoms with van der Waals surface area (Å²) in [5, 5.41) is 13.8. The average Bonchev–Trinajstić information content (AvgIpc) is 3.15. The summed E-state index contributed by atoms with van der Waals surface area (Å²) in [6.45, 7) is 6.90. The summed E-state index contributed by atoms with van der Waals surface area (Å²) >= 11 is 1.51. The summed E-state index contributed by atoms with van der Waals surface area (Å²) in [5.74, 6) is 2.34. The fourth-order valence-electron chi connectivity index (χ4n) is 3.13. The molecule has 0 spiro atoms. The van der Waals surface area contributed by atoms with Crippen LogP contribution in [0.15, 0.2) is 41.9 Å². The number of nitrogens with one attached hydrogen (secondary N) is 1. The van der Waals surface area contributed by atoms with E-state index in [1.165, 1.54) is 11.3 Å². The van der Waals surface area contributed by atoms with Gasteiger partial charge in [-0.2, -0.15) is 0 Å². The maximum atomic E-state index is 12.6. The van der Waals surface area contributed by atoms with Gasteiger partial charge in [0.2, 0.25) is 0 Å². The van der Waals surface area contributed by atoms with E-state index in [1.54, 1.807) is 6.20 Å². The van der Waals surface area contributed by atoms with E-state index in [9.17, 15) is 4.79 Å². The highest BCUT2D eigenvalue weighted by molar-refractivity contribution is 7.12. The number of piperazine rings is 1. The molecule has 1 fully saturated rings. The summed E-state index contributed by atoms with van der Waals surface area (Å²) in [6, 6.07) is 9.72. The van der Waals surface area contributed by atoms with E-state index >= 15 is 0 Å². The van der Waals surface area contributed by atoms with Gasteiger partial charge in [0, 0.05) is 32.4 Å². The van der Waals surface area contributed by atoms with Gasteiger partial charge >= 0.3 is 0 Å². The first-order chi connectivity index (χ1) is 13.6. The Morgan fingerprint density at radius 2 is 1.82 bits per heavy atom. The third-order valence-corrected chi connectivity index (χ3v) is 5.69. The average molecular weight is 395 g/mol. The summed E-state index contributed by atoms with van der Waals surface area (Å²) in [6.07, 6.45) is 1.76. The number of thiophene rings is 1. The van der Waals surface area contributed by atoms with E-state index < -0.39 is 0 Å². The maximum Gasteiger partial charge on any atom is 0.264 e. The van der Waals surface area contributed by atoms with Gasteiger partial charge in [-0.15, -0.1) is 21.5 Å². The molecule has 144 valence electrons. The molecule has 0 radical (unpaired) electrons. The van der Waals surface area contributed by atoms with Crippen LogP contribution in [0.2, 0.25) is 0 Å². The molecular formula is C20H22N6OS. The lowest BCUT2D eigenvalue weighted by molar-refractivity contribution is 0.0751. The van der Waals surface area contributed by atoms with Crippen LogP contribution in [0.4, 0.5) is 17.5 Å². The Bertz CT molecular complexity index is 963. The molecule has 1 N–H and O–H groups in total. The van der Waals surface area contributed by atoms with E-state index in [0.717, 1.165) is 40.7 Å². The Balaban J connectivity index is 1.35. The Morgan fingerprint density at radius 3 is 2.46 bits per heavy atom. The molecule has 28 heavy (non-hydrogen) atoms. The molecule has 3 aromatic rings. The Labute approximate surface area is 168 Å². The van der Waals surface area contributed by atoms with E-state index in [0.29, 0.717) is 18.9 Å². The van der Waals surface area contributed by atoms with Crippen molar-refractivity contribution in [1.82, 2.24) is 20.1 Å². The number of rotatable bonds is 4. The number of pyridine rings is 1. The van der Waals surface area contributed by atoms with Crippen molar-refractivity contribution in [3.8, 4) is 0 Å². The summed E-state index contributed by atoms with van der Waals surface area (Å²) in [7, 11) is 0. The predicted octanol–water partition coefficient (Wildman–Crippen LogP) is 3.26. The van der Waals surface area contributed by atoms with Crippen molar-refractivity contribution in [3.63, 3.8) is 0 Å². The Morgan fingerprint density at radius 1 is 1.00 bits per heavy atom. The molecular weight excluding hydrogens is 372 g/mol. The van der Waals surface area contributed by atoms with Crippen LogP contribution in [0, 0.1) is 13.8 Å². The summed E-state index contributed by atoms with van der Waals surface area (Å²) < 4.78 is 0. The molecule has 0 aliphatic carbocycles. The minimum absolute atomic E-state index is 0.119. The Hall–Kier alpha value is -3.00. The minimum atomic E-state index is 0.119. The highest BCUT2D eigenvalue weighted by Crippen LogP contribution is 2.20. The number of aryl methyl sites for hydroxylation is 2.